The first-order valence-electron chi connectivity index (χ1n) is 5.16. The number of thioether (sulfide) groups is 1. The van der Waals surface area contributed by atoms with Gasteiger partial charge in [-0.25, -0.2) is 4.39 Å². The zero-order chi connectivity index (χ0) is 12.1. The van der Waals surface area contributed by atoms with Gasteiger partial charge in [-0.1, -0.05) is 23.1 Å². The van der Waals surface area contributed by atoms with Gasteiger partial charge in [0.25, 0.3) is 0 Å². The topological polar surface area (TPSA) is 37.8 Å². The van der Waals surface area contributed by atoms with E-state index < -0.39 is 0 Å². The average molecular weight is 269 g/mol. The first-order valence-corrected chi connectivity index (χ1v) is 6.96. The monoisotopic (exact) mass is 269 g/mol. The largest absolute Gasteiger partial charge is 0.384 e. The molecule has 1 heterocycles. The number of anilines is 1. The number of hydrogen-bond acceptors (Lipinski definition) is 5. The Kier molecular flexibility index (Phi) is 4.33. The second-order valence-electron chi connectivity index (χ2n) is 3.37. The highest BCUT2D eigenvalue weighted by Gasteiger charge is 2.00. The van der Waals surface area contributed by atoms with Crippen LogP contribution in [0.2, 0.25) is 0 Å². The molecule has 0 atom stereocenters. The lowest BCUT2D eigenvalue weighted by Gasteiger charge is -2.04. The van der Waals surface area contributed by atoms with Crippen molar-refractivity contribution in [2.75, 3.05) is 17.6 Å². The maximum absolute atomic E-state index is 12.7. The molecule has 0 radical (unpaired) electrons. The summed E-state index contributed by atoms with van der Waals surface area (Å²) in [5, 5.41) is 12.2. The van der Waals surface area contributed by atoms with Gasteiger partial charge in [0.05, 0.1) is 0 Å². The molecule has 1 aromatic heterocycles. The van der Waals surface area contributed by atoms with Gasteiger partial charge in [0, 0.05) is 18.0 Å². The smallest absolute Gasteiger partial charge is 0.174 e. The number of nitrogens with zero attached hydrogens (tertiary/aromatic N) is 2. The van der Waals surface area contributed by atoms with Gasteiger partial charge in [-0.05, 0) is 31.2 Å². The second kappa shape index (κ2) is 5.97. The summed E-state index contributed by atoms with van der Waals surface area (Å²) < 4.78 is 13.6. The first kappa shape index (κ1) is 12.3. The van der Waals surface area contributed by atoms with Gasteiger partial charge in [0.1, 0.15) is 10.8 Å². The number of rotatable bonds is 5. The normalized spacial score (nSPS) is 10.5. The molecule has 0 saturated heterocycles. The van der Waals surface area contributed by atoms with Crippen molar-refractivity contribution >= 4 is 28.8 Å². The minimum Gasteiger partial charge on any atom is -0.384 e. The van der Waals surface area contributed by atoms with Crippen LogP contribution in [0.1, 0.15) is 5.01 Å². The third-order valence-electron chi connectivity index (χ3n) is 2.01. The summed E-state index contributed by atoms with van der Waals surface area (Å²) in [6.45, 7) is 2.76. The van der Waals surface area contributed by atoms with Gasteiger partial charge < -0.3 is 5.32 Å². The van der Waals surface area contributed by atoms with Crippen LogP contribution in [0, 0.1) is 12.7 Å². The van der Waals surface area contributed by atoms with Gasteiger partial charge in [-0.15, -0.1) is 10.2 Å². The van der Waals surface area contributed by atoms with Gasteiger partial charge in [0.15, 0.2) is 4.34 Å². The van der Waals surface area contributed by atoms with Crippen LogP contribution in [-0.4, -0.2) is 22.5 Å². The Bertz CT molecular complexity index is 470. The van der Waals surface area contributed by atoms with E-state index in [1.165, 1.54) is 12.1 Å². The molecule has 0 fully saturated rings. The van der Waals surface area contributed by atoms with Gasteiger partial charge in [-0.3, -0.25) is 0 Å². The van der Waals surface area contributed by atoms with Crippen LogP contribution in [0.5, 0.6) is 0 Å². The van der Waals surface area contributed by atoms with Crippen LogP contribution in [0.4, 0.5) is 10.1 Å². The highest BCUT2D eigenvalue weighted by molar-refractivity contribution is 8.01. The number of aromatic nitrogens is 2. The summed E-state index contributed by atoms with van der Waals surface area (Å²) in [5.41, 5.74) is 0.931. The zero-order valence-corrected chi connectivity index (χ0v) is 10.9. The quantitative estimate of drug-likeness (QED) is 0.668. The molecule has 0 spiro atoms. The minimum atomic E-state index is -0.214. The Balaban J connectivity index is 1.71. The first-order chi connectivity index (χ1) is 8.24. The molecule has 2 rings (SSSR count). The van der Waals surface area contributed by atoms with E-state index in [0.29, 0.717) is 0 Å². The molecule has 2 aromatic rings. The van der Waals surface area contributed by atoms with E-state index in [2.05, 4.69) is 15.5 Å². The molecule has 90 valence electrons. The number of nitrogens with one attached hydrogen (secondary N) is 1. The predicted octanol–water partition coefficient (Wildman–Crippen LogP) is 3.19. The lowest BCUT2D eigenvalue weighted by Crippen LogP contribution is -2.03. The zero-order valence-electron chi connectivity index (χ0n) is 9.31. The van der Waals surface area contributed by atoms with Crippen molar-refractivity contribution in [3.8, 4) is 0 Å². The van der Waals surface area contributed by atoms with Crippen LogP contribution >= 0.6 is 23.1 Å². The third kappa shape index (κ3) is 3.98. The molecule has 0 aliphatic heterocycles. The maximum Gasteiger partial charge on any atom is 0.174 e. The van der Waals surface area contributed by atoms with Crippen LogP contribution in [0.25, 0.3) is 0 Å². The molecule has 0 aliphatic carbocycles. The molecule has 1 aromatic carbocycles. The standard InChI is InChI=1S/C11H12FN3S2/c1-8-14-15-11(17-8)16-7-6-13-10-4-2-9(12)3-5-10/h2-5,13H,6-7H2,1H3. The van der Waals surface area contributed by atoms with Crippen LogP contribution in [0.3, 0.4) is 0 Å². The molecule has 0 saturated carbocycles. The number of aryl methyl sites for hydroxylation is 1. The van der Waals surface area contributed by atoms with Crippen LogP contribution < -0.4 is 5.32 Å². The maximum atomic E-state index is 12.7. The Hall–Kier alpha value is -1.14. The summed E-state index contributed by atoms with van der Waals surface area (Å²) in [6.07, 6.45) is 0. The fourth-order valence-electron chi connectivity index (χ4n) is 1.24. The number of hydrogen-bond donors (Lipinski definition) is 1. The SMILES string of the molecule is Cc1nnc(SCCNc2ccc(F)cc2)s1. The third-order valence-corrected chi connectivity index (χ3v) is 3.98. The lowest BCUT2D eigenvalue weighted by atomic mass is 10.3. The van der Waals surface area contributed by atoms with Gasteiger partial charge in [-0.2, -0.15) is 0 Å². The Labute approximate surface area is 107 Å². The van der Waals surface area contributed by atoms with Gasteiger partial charge in [0.2, 0.25) is 0 Å². The van der Waals surface area contributed by atoms with E-state index >= 15 is 0 Å². The van der Waals surface area contributed by atoms with Crippen molar-refractivity contribution in [1.29, 1.82) is 0 Å². The molecule has 0 amide bonds. The molecule has 0 aliphatic rings. The second-order valence-corrected chi connectivity index (χ2v) is 5.89. The Morgan fingerprint density at radius 2 is 2.06 bits per heavy atom. The van der Waals surface area contributed by atoms with Crippen molar-refractivity contribution in [3.63, 3.8) is 0 Å². The van der Waals surface area contributed by atoms with E-state index in [9.17, 15) is 4.39 Å². The van der Waals surface area contributed by atoms with Gasteiger partial charge >= 0.3 is 0 Å². The van der Waals surface area contributed by atoms with Crippen LogP contribution in [-0.2, 0) is 0 Å². The fourth-order valence-corrected chi connectivity index (χ4v) is 2.98. The summed E-state index contributed by atoms with van der Waals surface area (Å²) in [7, 11) is 0. The molecule has 1 N–H and O–H groups in total. The molecule has 0 bridgehead atoms. The predicted molar refractivity (Wildman–Crippen MR) is 70.3 cm³/mol. The molecule has 3 nitrogen and oxygen atoms in total. The lowest BCUT2D eigenvalue weighted by molar-refractivity contribution is 0.628. The Morgan fingerprint density at radius 1 is 1.29 bits per heavy atom. The molecular weight excluding hydrogens is 257 g/mol. The van der Waals surface area contributed by atoms with Crippen molar-refractivity contribution in [2.45, 2.75) is 11.3 Å². The van der Waals surface area contributed by atoms with Crippen molar-refractivity contribution in [1.82, 2.24) is 10.2 Å². The number of benzene rings is 1. The highest BCUT2D eigenvalue weighted by atomic mass is 32.2. The van der Waals surface area contributed by atoms with Crippen molar-refractivity contribution in [3.05, 3.63) is 35.1 Å². The van der Waals surface area contributed by atoms with Crippen molar-refractivity contribution in [2.24, 2.45) is 0 Å². The highest BCUT2D eigenvalue weighted by Crippen LogP contribution is 2.21. The minimum absolute atomic E-state index is 0.214. The average Bonchev–Trinajstić information content (AvgIpc) is 2.73. The molecular formula is C11H12FN3S2. The van der Waals surface area contributed by atoms with E-state index in [1.54, 1.807) is 35.2 Å². The molecule has 6 heteroatoms. The van der Waals surface area contributed by atoms with E-state index in [0.717, 1.165) is 27.3 Å². The van der Waals surface area contributed by atoms with E-state index in [1.807, 2.05) is 6.92 Å². The summed E-state index contributed by atoms with van der Waals surface area (Å²) >= 11 is 3.27. The van der Waals surface area contributed by atoms with E-state index in [-0.39, 0.29) is 5.82 Å². The number of halogens is 1. The molecule has 0 unspecified atom stereocenters. The summed E-state index contributed by atoms with van der Waals surface area (Å²) in [4.78, 5) is 0. The van der Waals surface area contributed by atoms with Crippen molar-refractivity contribution < 1.29 is 4.39 Å². The Morgan fingerprint density at radius 3 is 2.71 bits per heavy atom. The van der Waals surface area contributed by atoms with Crippen LogP contribution in [0.15, 0.2) is 28.6 Å². The molecule has 17 heavy (non-hydrogen) atoms. The fraction of sp³-hybridized carbons (Fsp3) is 0.273. The van der Waals surface area contributed by atoms with E-state index in [4.69, 9.17) is 0 Å². The summed E-state index contributed by atoms with van der Waals surface area (Å²) in [6, 6.07) is 6.36. The summed E-state index contributed by atoms with van der Waals surface area (Å²) in [5.74, 6) is 0.695.